The minimum absolute atomic E-state index is 1.23. The lowest BCUT2D eigenvalue weighted by molar-refractivity contribution is 1.37. The van der Waals surface area contributed by atoms with E-state index < -0.39 is 0 Å². The molecule has 65 valence electrons. The summed E-state index contributed by atoms with van der Waals surface area (Å²) in [6.45, 7) is 7.86. The molecule has 0 amide bonds. The van der Waals surface area contributed by atoms with Crippen molar-refractivity contribution < 1.29 is 0 Å². The Morgan fingerprint density at radius 3 is 2.77 bits per heavy atom. The van der Waals surface area contributed by atoms with E-state index in [0.29, 0.717) is 0 Å². The van der Waals surface area contributed by atoms with Crippen molar-refractivity contribution in [1.29, 1.82) is 0 Å². The monoisotopic (exact) mass is 169 g/mol. The third-order valence-electron chi connectivity index (χ3n) is 1.99. The van der Waals surface area contributed by atoms with E-state index in [0.717, 1.165) is 0 Å². The first-order valence-electron chi connectivity index (χ1n) is 4.47. The molecule has 0 nitrogen and oxygen atoms in total. The van der Waals surface area contributed by atoms with Crippen LogP contribution in [0.1, 0.15) is 5.56 Å². The second kappa shape index (κ2) is 4.71. The van der Waals surface area contributed by atoms with Crippen LogP contribution in [0.3, 0.4) is 0 Å². The van der Waals surface area contributed by atoms with Crippen molar-refractivity contribution in [3.8, 4) is 0 Å². The fourth-order valence-electron chi connectivity index (χ4n) is 1.37. The molecule has 1 radical (unpaired) electrons. The second-order valence-corrected chi connectivity index (χ2v) is 2.98. The molecular weight excluding hydrogens is 155 g/mol. The van der Waals surface area contributed by atoms with Crippen LogP contribution in [0.4, 0.5) is 0 Å². The van der Waals surface area contributed by atoms with Crippen LogP contribution in [-0.4, -0.2) is 7.28 Å². The molecule has 1 aromatic carbocycles. The summed E-state index contributed by atoms with van der Waals surface area (Å²) < 4.78 is 0. The topological polar surface area (TPSA) is 0 Å². The Balaban J connectivity index is 3.53. The molecule has 0 heterocycles. The number of hydrogen-bond acceptors (Lipinski definition) is 0. The summed E-state index contributed by atoms with van der Waals surface area (Å²) >= 11 is 0. The van der Waals surface area contributed by atoms with Crippen LogP contribution in [0.2, 0.25) is 6.82 Å². The van der Waals surface area contributed by atoms with Crippen LogP contribution in [0, 0.1) is 6.92 Å². The highest BCUT2D eigenvalue weighted by Crippen LogP contribution is 1.83. The number of hydrogen-bond donors (Lipinski definition) is 0. The van der Waals surface area contributed by atoms with E-state index in [2.05, 4.69) is 45.0 Å². The van der Waals surface area contributed by atoms with Crippen molar-refractivity contribution >= 4 is 19.3 Å². The average Bonchev–Trinajstić information content (AvgIpc) is 2.11. The van der Waals surface area contributed by atoms with Gasteiger partial charge in [-0.25, -0.2) is 0 Å². The Bertz CT molecular complexity index is 402. The van der Waals surface area contributed by atoms with Crippen LogP contribution < -0.4 is 10.4 Å². The minimum atomic E-state index is 1.23. The van der Waals surface area contributed by atoms with Gasteiger partial charge in [0.15, 0.2) is 0 Å². The van der Waals surface area contributed by atoms with E-state index in [-0.39, 0.29) is 0 Å². The molecule has 13 heavy (non-hydrogen) atoms. The lowest BCUT2D eigenvalue weighted by atomic mass is 9.81. The van der Waals surface area contributed by atoms with Gasteiger partial charge in [-0.15, -0.1) is 5.98 Å². The smallest absolute Gasteiger partial charge is 0.115 e. The highest BCUT2D eigenvalue weighted by atomic mass is 13.9. The molecular formula is C12H14B. The number of aryl methyl sites for hydroxylation is 1. The fraction of sp³-hybridized carbons (Fsp3) is 0.167. The highest BCUT2D eigenvalue weighted by Gasteiger charge is 1.88. The Labute approximate surface area is 80.5 Å². The molecule has 0 saturated carbocycles. The van der Waals surface area contributed by atoms with Crippen molar-refractivity contribution in [2.45, 2.75) is 13.7 Å². The zero-order valence-corrected chi connectivity index (χ0v) is 8.25. The van der Waals surface area contributed by atoms with E-state index in [4.69, 9.17) is 0 Å². The van der Waals surface area contributed by atoms with Gasteiger partial charge in [0.25, 0.3) is 0 Å². The van der Waals surface area contributed by atoms with Crippen LogP contribution in [-0.2, 0) is 0 Å². The Hall–Kier alpha value is -1.24. The van der Waals surface area contributed by atoms with Gasteiger partial charge in [0.05, 0.1) is 0 Å². The summed E-state index contributed by atoms with van der Waals surface area (Å²) in [6.07, 6.45) is 3.85. The van der Waals surface area contributed by atoms with Crippen molar-refractivity contribution in [3.63, 3.8) is 0 Å². The summed E-state index contributed by atoms with van der Waals surface area (Å²) in [6, 6.07) is 6.29. The van der Waals surface area contributed by atoms with Crippen LogP contribution in [0.25, 0.3) is 12.1 Å². The molecule has 0 aliphatic carbocycles. The average molecular weight is 169 g/mol. The number of allylic oxidation sites excluding steroid dienone is 1. The molecule has 0 aliphatic rings. The van der Waals surface area contributed by atoms with E-state index in [9.17, 15) is 0 Å². The Morgan fingerprint density at radius 2 is 2.15 bits per heavy atom. The second-order valence-electron chi connectivity index (χ2n) is 2.98. The summed E-state index contributed by atoms with van der Waals surface area (Å²) in [5.74, 6) is 2.13. The maximum atomic E-state index is 3.71. The lowest BCUT2D eigenvalue weighted by Crippen LogP contribution is -2.27. The SMILES string of the molecule is C=C/C=c1/cccc(C)/c1=C/[B]C. The Kier molecular flexibility index (Phi) is 3.57. The molecule has 0 N–H and O–H groups in total. The van der Waals surface area contributed by atoms with E-state index in [1.165, 1.54) is 16.0 Å². The first-order chi connectivity index (χ1) is 6.29. The van der Waals surface area contributed by atoms with Gasteiger partial charge in [0.1, 0.15) is 7.28 Å². The van der Waals surface area contributed by atoms with Crippen molar-refractivity contribution in [2.24, 2.45) is 0 Å². The van der Waals surface area contributed by atoms with Gasteiger partial charge in [0.2, 0.25) is 0 Å². The summed E-state index contributed by atoms with van der Waals surface area (Å²) in [4.78, 5) is 0. The zero-order valence-electron chi connectivity index (χ0n) is 8.25. The van der Waals surface area contributed by atoms with Crippen LogP contribution in [0.15, 0.2) is 30.9 Å². The third kappa shape index (κ3) is 2.35. The first kappa shape index (κ1) is 9.85. The lowest BCUT2D eigenvalue weighted by Gasteiger charge is -1.95. The minimum Gasteiger partial charge on any atom is -0.115 e. The predicted octanol–water partition coefficient (Wildman–Crippen LogP) is 1.45. The highest BCUT2D eigenvalue weighted by molar-refractivity contribution is 6.51. The molecule has 0 bridgehead atoms. The van der Waals surface area contributed by atoms with Crippen molar-refractivity contribution in [1.82, 2.24) is 0 Å². The third-order valence-corrected chi connectivity index (χ3v) is 1.99. The molecule has 1 heteroatoms. The first-order valence-corrected chi connectivity index (χ1v) is 4.47. The molecule has 0 fully saturated rings. The van der Waals surface area contributed by atoms with Gasteiger partial charge in [-0.3, -0.25) is 0 Å². The molecule has 0 aromatic heterocycles. The predicted molar refractivity (Wildman–Crippen MR) is 61.2 cm³/mol. The van der Waals surface area contributed by atoms with E-state index in [1.807, 2.05) is 19.0 Å². The Morgan fingerprint density at radius 1 is 1.38 bits per heavy atom. The largest absolute Gasteiger partial charge is 0.138 e. The maximum absolute atomic E-state index is 3.71. The molecule has 0 atom stereocenters. The summed E-state index contributed by atoms with van der Waals surface area (Å²) in [7, 11) is 2.06. The van der Waals surface area contributed by atoms with Crippen LogP contribution >= 0.6 is 0 Å². The molecule has 0 unspecified atom stereocenters. The molecule has 0 saturated heterocycles. The van der Waals surface area contributed by atoms with E-state index in [1.54, 1.807) is 0 Å². The van der Waals surface area contributed by atoms with Gasteiger partial charge in [-0.05, 0) is 22.9 Å². The molecule has 0 aliphatic heterocycles. The normalized spacial score (nSPS) is 13.1. The fourth-order valence-corrected chi connectivity index (χ4v) is 1.37. The number of benzene rings is 1. The van der Waals surface area contributed by atoms with Gasteiger partial charge in [-0.1, -0.05) is 43.8 Å². The molecule has 1 rings (SSSR count). The number of rotatable bonds is 2. The summed E-state index contributed by atoms with van der Waals surface area (Å²) in [5, 5.41) is 2.51. The van der Waals surface area contributed by atoms with Gasteiger partial charge in [-0.2, -0.15) is 0 Å². The quantitative estimate of drug-likeness (QED) is 0.588. The van der Waals surface area contributed by atoms with Crippen molar-refractivity contribution in [3.05, 3.63) is 46.9 Å². The molecule has 0 spiro atoms. The van der Waals surface area contributed by atoms with Crippen molar-refractivity contribution in [2.75, 3.05) is 0 Å². The molecule has 1 aromatic rings. The summed E-state index contributed by atoms with van der Waals surface area (Å²) in [5.41, 5.74) is 1.30. The van der Waals surface area contributed by atoms with Gasteiger partial charge < -0.3 is 0 Å². The zero-order chi connectivity index (χ0) is 9.68. The maximum Gasteiger partial charge on any atom is 0.138 e. The standard InChI is InChI=1S/C12H14B/c1-4-6-11-8-5-7-10(2)12(11)9-13-3/h4-9H,1H2,2-3H3/b11-6-,12-9-. The van der Waals surface area contributed by atoms with Gasteiger partial charge in [0, 0.05) is 0 Å². The van der Waals surface area contributed by atoms with Crippen LogP contribution in [0.5, 0.6) is 0 Å². The van der Waals surface area contributed by atoms with E-state index >= 15 is 0 Å². The van der Waals surface area contributed by atoms with Gasteiger partial charge >= 0.3 is 0 Å².